The van der Waals surface area contributed by atoms with Gasteiger partial charge in [0.25, 0.3) is 0 Å². The second kappa shape index (κ2) is 4.34. The van der Waals surface area contributed by atoms with Crippen LogP contribution in [0.5, 0.6) is 0 Å². The Hall–Kier alpha value is -2.36. The molecule has 0 unspecified atom stereocenters. The summed E-state index contributed by atoms with van der Waals surface area (Å²) in [5.41, 5.74) is 4.33. The van der Waals surface area contributed by atoms with Crippen LogP contribution in [-0.4, -0.2) is 21.2 Å². The number of nitrogens with zero attached hydrogens (tertiary/aromatic N) is 2. The van der Waals surface area contributed by atoms with E-state index in [1.54, 1.807) is 0 Å². The molecule has 2 aromatic heterocycles. The molecule has 4 nitrogen and oxygen atoms in total. The lowest BCUT2D eigenvalue weighted by molar-refractivity contribution is 1.00. The van der Waals surface area contributed by atoms with Crippen LogP contribution in [0.25, 0.3) is 22.2 Å². The summed E-state index contributed by atoms with van der Waals surface area (Å²) in [6, 6.07) is 13.0. The number of rotatable bonds is 3. The number of anilines is 1. The molecule has 1 aromatic carbocycles. The number of aromatic nitrogens is 3. The van der Waals surface area contributed by atoms with Crippen molar-refractivity contribution in [1.82, 2.24) is 15.2 Å². The summed E-state index contributed by atoms with van der Waals surface area (Å²) in [4.78, 5) is 3.40. The van der Waals surface area contributed by atoms with Crippen molar-refractivity contribution in [3.05, 3.63) is 42.1 Å². The zero-order valence-electron chi connectivity index (χ0n) is 11.4. The highest BCUT2D eigenvalue weighted by Gasteiger charge is 2.21. The van der Waals surface area contributed by atoms with Crippen LogP contribution in [0.1, 0.15) is 18.5 Å². The number of nitrogens with one attached hydrogen (secondary N) is 2. The quantitative estimate of drug-likeness (QED) is 0.761. The molecular weight excluding hydrogens is 248 g/mol. The van der Waals surface area contributed by atoms with Gasteiger partial charge in [-0.1, -0.05) is 18.2 Å². The van der Waals surface area contributed by atoms with E-state index in [0.29, 0.717) is 6.04 Å². The Balaban J connectivity index is 1.76. The fourth-order valence-corrected chi connectivity index (χ4v) is 2.59. The fourth-order valence-electron chi connectivity index (χ4n) is 2.59. The Labute approximate surface area is 117 Å². The van der Waals surface area contributed by atoms with Crippen molar-refractivity contribution in [3.63, 3.8) is 0 Å². The zero-order valence-corrected chi connectivity index (χ0v) is 11.4. The van der Waals surface area contributed by atoms with Gasteiger partial charge in [-0.15, -0.1) is 10.2 Å². The summed E-state index contributed by atoms with van der Waals surface area (Å²) in [5.74, 6) is 0.869. The first-order valence-electron chi connectivity index (χ1n) is 6.99. The largest absolute Gasteiger partial charge is 0.366 e. The number of aryl methyl sites for hydroxylation is 1. The van der Waals surface area contributed by atoms with E-state index in [1.807, 2.05) is 18.2 Å². The highest BCUT2D eigenvalue weighted by Crippen LogP contribution is 2.31. The molecule has 2 N–H and O–H groups in total. The van der Waals surface area contributed by atoms with Gasteiger partial charge >= 0.3 is 0 Å². The van der Waals surface area contributed by atoms with Gasteiger partial charge in [0.2, 0.25) is 0 Å². The standard InChI is InChI=1S/C16H16N4/c1-10-16(12-4-2-3-5-13(12)17-10)14-8-9-15(20-19-14)18-11-6-7-11/h2-5,8-9,11,17H,6-7H2,1H3,(H,18,20). The average molecular weight is 264 g/mol. The summed E-state index contributed by atoms with van der Waals surface area (Å²) in [6.45, 7) is 2.08. The van der Waals surface area contributed by atoms with Gasteiger partial charge in [0.1, 0.15) is 5.82 Å². The first kappa shape index (κ1) is 11.5. The van der Waals surface area contributed by atoms with E-state index in [0.717, 1.165) is 28.3 Å². The Morgan fingerprint density at radius 3 is 2.70 bits per heavy atom. The lowest BCUT2D eigenvalue weighted by Crippen LogP contribution is -2.03. The van der Waals surface area contributed by atoms with Gasteiger partial charge in [-0.3, -0.25) is 0 Å². The van der Waals surface area contributed by atoms with Crippen LogP contribution in [0.3, 0.4) is 0 Å². The van der Waals surface area contributed by atoms with Gasteiger partial charge in [-0.05, 0) is 38.0 Å². The number of para-hydroxylation sites is 1. The molecule has 100 valence electrons. The minimum absolute atomic E-state index is 0.602. The van der Waals surface area contributed by atoms with Crippen molar-refractivity contribution < 1.29 is 0 Å². The molecule has 1 fully saturated rings. The van der Waals surface area contributed by atoms with Gasteiger partial charge in [-0.2, -0.15) is 0 Å². The molecule has 1 aliphatic rings. The molecule has 20 heavy (non-hydrogen) atoms. The summed E-state index contributed by atoms with van der Waals surface area (Å²) >= 11 is 0. The van der Waals surface area contributed by atoms with Gasteiger partial charge < -0.3 is 10.3 Å². The van der Waals surface area contributed by atoms with E-state index in [1.165, 1.54) is 18.2 Å². The molecule has 0 spiro atoms. The van der Waals surface area contributed by atoms with Crippen LogP contribution >= 0.6 is 0 Å². The molecule has 0 amide bonds. The zero-order chi connectivity index (χ0) is 13.5. The first-order valence-corrected chi connectivity index (χ1v) is 6.99. The van der Waals surface area contributed by atoms with Crippen molar-refractivity contribution >= 4 is 16.7 Å². The second-order valence-corrected chi connectivity index (χ2v) is 5.39. The SMILES string of the molecule is Cc1[nH]c2ccccc2c1-c1ccc(NC2CC2)nn1. The molecule has 0 bridgehead atoms. The van der Waals surface area contributed by atoms with E-state index in [4.69, 9.17) is 0 Å². The molecule has 0 saturated heterocycles. The maximum absolute atomic E-state index is 4.38. The third-order valence-electron chi connectivity index (χ3n) is 3.74. The van der Waals surface area contributed by atoms with Crippen molar-refractivity contribution in [3.8, 4) is 11.3 Å². The Morgan fingerprint density at radius 1 is 1.10 bits per heavy atom. The molecule has 4 heteroatoms. The molecule has 4 rings (SSSR count). The van der Waals surface area contributed by atoms with Gasteiger partial charge in [0, 0.05) is 28.2 Å². The van der Waals surface area contributed by atoms with Crippen molar-refractivity contribution in [2.75, 3.05) is 5.32 Å². The minimum Gasteiger partial charge on any atom is -0.366 e. The van der Waals surface area contributed by atoms with E-state index < -0.39 is 0 Å². The topological polar surface area (TPSA) is 53.6 Å². The molecule has 0 atom stereocenters. The van der Waals surface area contributed by atoms with Crippen molar-refractivity contribution in [2.45, 2.75) is 25.8 Å². The third-order valence-corrected chi connectivity index (χ3v) is 3.74. The number of fused-ring (bicyclic) bond motifs is 1. The molecule has 1 aliphatic carbocycles. The van der Waals surface area contributed by atoms with Crippen LogP contribution < -0.4 is 5.32 Å². The lowest BCUT2D eigenvalue weighted by Gasteiger charge is -2.04. The number of benzene rings is 1. The van der Waals surface area contributed by atoms with Crippen molar-refractivity contribution in [2.24, 2.45) is 0 Å². The monoisotopic (exact) mass is 264 g/mol. The molecule has 3 aromatic rings. The van der Waals surface area contributed by atoms with Crippen LogP contribution in [0.15, 0.2) is 36.4 Å². The molecule has 1 saturated carbocycles. The predicted octanol–water partition coefficient (Wildman–Crippen LogP) is 3.51. The Bertz CT molecular complexity index is 754. The average Bonchev–Trinajstić information content (AvgIpc) is 3.20. The van der Waals surface area contributed by atoms with Gasteiger partial charge in [0.05, 0.1) is 5.69 Å². The number of H-pyrrole nitrogens is 1. The first-order chi connectivity index (χ1) is 9.81. The van der Waals surface area contributed by atoms with Crippen LogP contribution in [0, 0.1) is 6.92 Å². The highest BCUT2D eigenvalue weighted by molar-refractivity contribution is 5.96. The smallest absolute Gasteiger partial charge is 0.148 e. The predicted molar refractivity (Wildman–Crippen MR) is 80.7 cm³/mol. The molecule has 0 radical (unpaired) electrons. The number of aromatic amines is 1. The van der Waals surface area contributed by atoms with Gasteiger partial charge in [-0.25, -0.2) is 0 Å². The van der Waals surface area contributed by atoms with Crippen LogP contribution in [0.2, 0.25) is 0 Å². The van der Waals surface area contributed by atoms with E-state index in [9.17, 15) is 0 Å². The van der Waals surface area contributed by atoms with Crippen LogP contribution in [0.4, 0.5) is 5.82 Å². The highest BCUT2D eigenvalue weighted by atomic mass is 15.2. The number of hydrogen-bond donors (Lipinski definition) is 2. The molecule has 2 heterocycles. The van der Waals surface area contributed by atoms with E-state index in [2.05, 4.69) is 45.6 Å². The summed E-state index contributed by atoms with van der Waals surface area (Å²) in [6.07, 6.45) is 2.48. The second-order valence-electron chi connectivity index (χ2n) is 5.39. The van der Waals surface area contributed by atoms with Gasteiger partial charge in [0.15, 0.2) is 0 Å². The minimum atomic E-state index is 0.602. The molecular formula is C16H16N4. The summed E-state index contributed by atoms with van der Waals surface area (Å²) < 4.78 is 0. The summed E-state index contributed by atoms with van der Waals surface area (Å²) in [7, 11) is 0. The fraction of sp³-hybridized carbons (Fsp3) is 0.250. The third kappa shape index (κ3) is 1.93. The maximum atomic E-state index is 4.38. The molecule has 0 aliphatic heterocycles. The van der Waals surface area contributed by atoms with E-state index >= 15 is 0 Å². The lowest BCUT2D eigenvalue weighted by atomic mass is 10.1. The Kier molecular flexibility index (Phi) is 2.49. The Morgan fingerprint density at radius 2 is 1.95 bits per heavy atom. The number of hydrogen-bond acceptors (Lipinski definition) is 3. The van der Waals surface area contributed by atoms with Crippen molar-refractivity contribution in [1.29, 1.82) is 0 Å². The maximum Gasteiger partial charge on any atom is 0.148 e. The summed E-state index contributed by atoms with van der Waals surface area (Å²) in [5, 5.41) is 13.2. The normalized spacial score (nSPS) is 14.7. The van der Waals surface area contributed by atoms with E-state index in [-0.39, 0.29) is 0 Å². The van der Waals surface area contributed by atoms with Crippen LogP contribution in [-0.2, 0) is 0 Å².